The maximum Gasteiger partial charge on any atom is 0.256 e. The quantitative estimate of drug-likeness (QED) is 0.941. The molecule has 5 heteroatoms. The maximum atomic E-state index is 12.2. The standard InChI is InChI=1S/C15H15NO3S/c1-19-12-9-7-11(8-10-12)16-15(17)13-5-3-4-6-14(13)20(2)18/h3-10H,1-2H3,(H,16,17)/t20-/m1/s1. The summed E-state index contributed by atoms with van der Waals surface area (Å²) in [5.74, 6) is 0.444. The van der Waals surface area contributed by atoms with Crippen LogP contribution in [0.15, 0.2) is 53.4 Å². The van der Waals surface area contributed by atoms with Gasteiger partial charge in [-0.1, -0.05) is 12.1 Å². The van der Waals surface area contributed by atoms with Crippen LogP contribution >= 0.6 is 0 Å². The molecule has 1 atom stereocenters. The van der Waals surface area contributed by atoms with E-state index in [4.69, 9.17) is 4.74 Å². The molecular weight excluding hydrogens is 274 g/mol. The van der Waals surface area contributed by atoms with Crippen LogP contribution in [0, 0.1) is 0 Å². The van der Waals surface area contributed by atoms with Gasteiger partial charge in [-0.3, -0.25) is 9.00 Å². The van der Waals surface area contributed by atoms with Gasteiger partial charge >= 0.3 is 0 Å². The van der Waals surface area contributed by atoms with Gasteiger partial charge in [0.05, 0.1) is 28.4 Å². The van der Waals surface area contributed by atoms with E-state index in [9.17, 15) is 9.00 Å². The van der Waals surface area contributed by atoms with Crippen molar-refractivity contribution in [2.75, 3.05) is 18.7 Å². The van der Waals surface area contributed by atoms with Crippen molar-refractivity contribution in [2.24, 2.45) is 0 Å². The monoisotopic (exact) mass is 289 g/mol. The summed E-state index contributed by atoms with van der Waals surface area (Å²) >= 11 is 0. The van der Waals surface area contributed by atoms with Crippen molar-refractivity contribution in [1.29, 1.82) is 0 Å². The molecule has 4 nitrogen and oxygen atoms in total. The molecule has 0 aliphatic carbocycles. The molecule has 0 aliphatic rings. The summed E-state index contributed by atoms with van der Waals surface area (Å²) in [6.07, 6.45) is 1.56. The summed E-state index contributed by atoms with van der Waals surface area (Å²) in [7, 11) is 0.379. The molecule has 0 saturated heterocycles. The molecule has 0 fully saturated rings. The topological polar surface area (TPSA) is 55.4 Å². The predicted octanol–water partition coefficient (Wildman–Crippen LogP) is 2.68. The summed E-state index contributed by atoms with van der Waals surface area (Å²) in [6, 6.07) is 13.9. The van der Waals surface area contributed by atoms with E-state index in [1.807, 2.05) is 0 Å². The highest BCUT2D eigenvalue weighted by Crippen LogP contribution is 2.18. The number of methoxy groups -OCH3 is 1. The lowest BCUT2D eigenvalue weighted by molar-refractivity contribution is 0.102. The van der Waals surface area contributed by atoms with Crippen LogP contribution in [0.5, 0.6) is 5.75 Å². The Kier molecular flexibility index (Phi) is 4.53. The lowest BCUT2D eigenvalue weighted by Crippen LogP contribution is -2.14. The fraction of sp³-hybridized carbons (Fsp3) is 0.133. The Balaban J connectivity index is 2.21. The number of rotatable bonds is 4. The Bertz CT molecular complexity index is 638. The van der Waals surface area contributed by atoms with Crippen LogP contribution in [0.2, 0.25) is 0 Å². The molecule has 1 N–H and O–H groups in total. The molecule has 0 aromatic heterocycles. The maximum absolute atomic E-state index is 12.2. The molecule has 0 spiro atoms. The second kappa shape index (κ2) is 6.34. The Morgan fingerprint density at radius 1 is 1.10 bits per heavy atom. The molecule has 20 heavy (non-hydrogen) atoms. The number of hydrogen-bond donors (Lipinski definition) is 1. The minimum absolute atomic E-state index is 0.277. The van der Waals surface area contributed by atoms with Gasteiger partial charge < -0.3 is 10.1 Å². The van der Waals surface area contributed by atoms with E-state index in [1.54, 1.807) is 61.9 Å². The molecule has 0 unspecified atom stereocenters. The van der Waals surface area contributed by atoms with Crippen molar-refractivity contribution >= 4 is 22.4 Å². The van der Waals surface area contributed by atoms with Gasteiger partial charge in [0, 0.05) is 11.9 Å². The summed E-state index contributed by atoms with van der Waals surface area (Å²) < 4.78 is 16.7. The Labute approximate surface area is 120 Å². The summed E-state index contributed by atoms with van der Waals surface area (Å²) in [5.41, 5.74) is 1.08. The lowest BCUT2D eigenvalue weighted by Gasteiger charge is -2.09. The molecule has 2 rings (SSSR count). The number of carbonyl (C=O) groups excluding carboxylic acids is 1. The minimum atomic E-state index is -1.21. The molecule has 104 valence electrons. The largest absolute Gasteiger partial charge is 0.497 e. The van der Waals surface area contributed by atoms with E-state index in [-0.39, 0.29) is 5.91 Å². The van der Waals surface area contributed by atoms with Crippen LogP contribution in [-0.4, -0.2) is 23.5 Å². The van der Waals surface area contributed by atoms with E-state index in [0.29, 0.717) is 16.1 Å². The number of ether oxygens (including phenoxy) is 1. The molecule has 0 bridgehead atoms. The molecule has 0 saturated carbocycles. The Morgan fingerprint density at radius 2 is 1.75 bits per heavy atom. The minimum Gasteiger partial charge on any atom is -0.497 e. The number of hydrogen-bond acceptors (Lipinski definition) is 3. The molecule has 1 amide bonds. The van der Waals surface area contributed by atoms with E-state index in [2.05, 4.69) is 5.32 Å². The third kappa shape index (κ3) is 3.24. The molecule has 2 aromatic rings. The van der Waals surface area contributed by atoms with Crippen LogP contribution < -0.4 is 10.1 Å². The average Bonchev–Trinajstić information content (AvgIpc) is 2.48. The van der Waals surface area contributed by atoms with Gasteiger partial charge in [-0.05, 0) is 36.4 Å². The average molecular weight is 289 g/mol. The van der Waals surface area contributed by atoms with E-state index in [0.717, 1.165) is 5.75 Å². The van der Waals surface area contributed by atoms with Crippen LogP contribution in [0.3, 0.4) is 0 Å². The number of benzene rings is 2. The van der Waals surface area contributed by atoms with Crippen molar-refractivity contribution in [3.05, 3.63) is 54.1 Å². The van der Waals surface area contributed by atoms with Gasteiger partial charge in [0.15, 0.2) is 0 Å². The van der Waals surface area contributed by atoms with Gasteiger partial charge in [0.2, 0.25) is 0 Å². The van der Waals surface area contributed by atoms with Gasteiger partial charge in [0.25, 0.3) is 5.91 Å². The summed E-state index contributed by atoms with van der Waals surface area (Å²) in [4.78, 5) is 12.7. The third-order valence-corrected chi connectivity index (χ3v) is 3.76. The van der Waals surface area contributed by atoms with Gasteiger partial charge in [-0.2, -0.15) is 0 Å². The molecular formula is C15H15NO3S. The predicted molar refractivity (Wildman–Crippen MR) is 79.7 cm³/mol. The SMILES string of the molecule is COc1ccc(NC(=O)c2ccccc2[S@@](C)=O)cc1. The first-order chi connectivity index (χ1) is 9.61. The number of carbonyl (C=O) groups is 1. The zero-order chi connectivity index (χ0) is 14.5. The number of amides is 1. The van der Waals surface area contributed by atoms with Crippen LogP contribution in [0.25, 0.3) is 0 Å². The smallest absolute Gasteiger partial charge is 0.256 e. The first-order valence-electron chi connectivity index (χ1n) is 5.99. The highest BCUT2D eigenvalue weighted by atomic mass is 32.2. The van der Waals surface area contributed by atoms with Gasteiger partial charge in [0.1, 0.15) is 5.75 Å². The fourth-order valence-corrected chi connectivity index (χ4v) is 2.52. The first kappa shape index (κ1) is 14.3. The second-order valence-corrected chi connectivity index (χ2v) is 5.48. The van der Waals surface area contributed by atoms with Crippen molar-refractivity contribution in [2.45, 2.75) is 4.90 Å². The van der Waals surface area contributed by atoms with Crippen molar-refractivity contribution < 1.29 is 13.7 Å². The van der Waals surface area contributed by atoms with Gasteiger partial charge in [-0.15, -0.1) is 0 Å². The zero-order valence-corrected chi connectivity index (χ0v) is 12.1. The highest BCUT2D eigenvalue weighted by molar-refractivity contribution is 7.84. The van der Waals surface area contributed by atoms with Crippen molar-refractivity contribution in [1.82, 2.24) is 0 Å². The van der Waals surface area contributed by atoms with Gasteiger partial charge in [-0.25, -0.2) is 0 Å². The van der Waals surface area contributed by atoms with Crippen LogP contribution in [-0.2, 0) is 10.8 Å². The fourth-order valence-electron chi connectivity index (χ4n) is 1.78. The third-order valence-electron chi connectivity index (χ3n) is 2.79. The Morgan fingerprint density at radius 3 is 2.35 bits per heavy atom. The summed E-state index contributed by atoms with van der Waals surface area (Å²) in [6.45, 7) is 0. The van der Waals surface area contributed by atoms with Crippen molar-refractivity contribution in [3.63, 3.8) is 0 Å². The van der Waals surface area contributed by atoms with Crippen LogP contribution in [0.1, 0.15) is 10.4 Å². The molecule has 0 radical (unpaired) electrons. The Hall–Kier alpha value is -2.14. The lowest BCUT2D eigenvalue weighted by atomic mass is 10.2. The normalized spacial score (nSPS) is 11.7. The number of anilines is 1. The number of nitrogens with one attached hydrogen (secondary N) is 1. The second-order valence-electron chi connectivity index (χ2n) is 4.13. The first-order valence-corrected chi connectivity index (χ1v) is 7.55. The van der Waals surface area contributed by atoms with Crippen LogP contribution in [0.4, 0.5) is 5.69 Å². The highest BCUT2D eigenvalue weighted by Gasteiger charge is 2.13. The summed E-state index contributed by atoms with van der Waals surface area (Å²) in [5, 5.41) is 2.78. The molecule has 0 heterocycles. The van der Waals surface area contributed by atoms with E-state index >= 15 is 0 Å². The van der Waals surface area contributed by atoms with E-state index in [1.165, 1.54) is 0 Å². The molecule has 0 aliphatic heterocycles. The van der Waals surface area contributed by atoms with E-state index < -0.39 is 10.8 Å². The molecule has 2 aromatic carbocycles. The zero-order valence-electron chi connectivity index (χ0n) is 11.3. The van der Waals surface area contributed by atoms with Crippen molar-refractivity contribution in [3.8, 4) is 5.75 Å².